The number of thiazole rings is 1. The van der Waals surface area contributed by atoms with Gasteiger partial charge in [-0.25, -0.2) is 4.98 Å². The molecule has 0 aliphatic heterocycles. The molecule has 2 aromatic rings. The highest BCUT2D eigenvalue weighted by molar-refractivity contribution is 7.15. The van der Waals surface area contributed by atoms with E-state index < -0.39 is 0 Å². The summed E-state index contributed by atoms with van der Waals surface area (Å²) in [5.74, 6) is 0. The highest BCUT2D eigenvalue weighted by atomic mass is 35.5. The van der Waals surface area contributed by atoms with Crippen LogP contribution in [0.3, 0.4) is 0 Å². The summed E-state index contributed by atoms with van der Waals surface area (Å²) in [6.45, 7) is 4.65. The molecule has 0 aliphatic carbocycles. The Balaban J connectivity index is 0.00000220. The number of methoxy groups -OCH3 is 1. The lowest BCUT2D eigenvalue weighted by Crippen LogP contribution is -2.29. The van der Waals surface area contributed by atoms with E-state index in [0.29, 0.717) is 17.8 Å². The fourth-order valence-corrected chi connectivity index (χ4v) is 2.87. The topological polar surface area (TPSA) is 51.4 Å². The Morgan fingerprint density at radius 2 is 2.05 bits per heavy atom. The molecule has 0 bridgehead atoms. The molecule has 2 rings (SSSR count). The monoisotopic (exact) mass is 327 g/mol. The van der Waals surface area contributed by atoms with Crippen molar-refractivity contribution in [2.24, 2.45) is 0 Å². The third kappa shape index (κ3) is 5.28. The molecule has 1 atom stereocenters. The summed E-state index contributed by atoms with van der Waals surface area (Å²) in [5, 5.41) is 0.624. The summed E-state index contributed by atoms with van der Waals surface area (Å²) >= 11 is 1.55. The Morgan fingerprint density at radius 1 is 1.33 bits per heavy atom. The minimum atomic E-state index is 0. The van der Waals surface area contributed by atoms with Crippen LogP contribution in [-0.4, -0.2) is 30.1 Å². The zero-order valence-corrected chi connectivity index (χ0v) is 14.0. The number of nitrogen functional groups attached to an aromatic ring is 1. The summed E-state index contributed by atoms with van der Waals surface area (Å²) in [4.78, 5) is 7.68. The van der Waals surface area contributed by atoms with Gasteiger partial charge in [0.15, 0.2) is 5.13 Å². The van der Waals surface area contributed by atoms with Crippen molar-refractivity contribution in [1.29, 1.82) is 0 Å². The number of aromatic nitrogens is 1. The average molecular weight is 328 g/mol. The molecule has 0 amide bonds. The van der Waals surface area contributed by atoms with Crippen LogP contribution in [0.15, 0.2) is 36.5 Å². The molecule has 0 aliphatic rings. The van der Waals surface area contributed by atoms with Crippen LogP contribution in [0.1, 0.15) is 23.4 Å². The fourth-order valence-electron chi connectivity index (χ4n) is 2.16. The molecule has 0 fully saturated rings. The van der Waals surface area contributed by atoms with E-state index in [-0.39, 0.29) is 12.4 Å². The first-order chi connectivity index (χ1) is 9.70. The Labute approximate surface area is 136 Å². The number of hydrogen-bond donors (Lipinski definition) is 1. The summed E-state index contributed by atoms with van der Waals surface area (Å²) in [6, 6.07) is 10.8. The van der Waals surface area contributed by atoms with Crippen molar-refractivity contribution in [2.45, 2.75) is 19.5 Å². The number of halogens is 1. The standard InChI is InChI=1S/C15H21N3OS.ClH/c1-12(13-6-4-3-5-7-13)18(8-9-19-2)11-14-10-17-15(16)20-14;/h3-7,10,12H,8-9,11H2,1-2H3,(H2,16,17);1H. The molecule has 6 heteroatoms. The molecule has 0 saturated heterocycles. The van der Waals surface area contributed by atoms with E-state index in [1.165, 1.54) is 10.4 Å². The van der Waals surface area contributed by atoms with E-state index in [0.717, 1.165) is 13.1 Å². The average Bonchev–Trinajstić information content (AvgIpc) is 2.89. The van der Waals surface area contributed by atoms with E-state index in [1.807, 2.05) is 12.3 Å². The maximum absolute atomic E-state index is 5.71. The highest BCUT2D eigenvalue weighted by Gasteiger charge is 2.16. The van der Waals surface area contributed by atoms with Crippen molar-refractivity contribution in [2.75, 3.05) is 26.0 Å². The molecule has 0 spiro atoms. The zero-order valence-electron chi connectivity index (χ0n) is 12.4. The molecular weight excluding hydrogens is 306 g/mol. The van der Waals surface area contributed by atoms with Crippen LogP contribution in [0.2, 0.25) is 0 Å². The maximum atomic E-state index is 5.71. The van der Waals surface area contributed by atoms with Crippen LogP contribution in [-0.2, 0) is 11.3 Å². The predicted octanol–water partition coefficient (Wildman–Crippen LogP) is 3.36. The number of rotatable bonds is 7. The second-order valence-electron chi connectivity index (χ2n) is 4.71. The molecule has 4 nitrogen and oxygen atoms in total. The summed E-state index contributed by atoms with van der Waals surface area (Å²) < 4.78 is 5.22. The lowest BCUT2D eigenvalue weighted by atomic mass is 10.1. The number of benzene rings is 1. The van der Waals surface area contributed by atoms with Gasteiger partial charge < -0.3 is 10.5 Å². The number of nitrogens with zero attached hydrogens (tertiary/aromatic N) is 2. The second kappa shape index (κ2) is 9.00. The summed E-state index contributed by atoms with van der Waals surface area (Å²) in [5.41, 5.74) is 7.01. The summed E-state index contributed by atoms with van der Waals surface area (Å²) in [7, 11) is 1.73. The van der Waals surface area contributed by atoms with Crippen molar-refractivity contribution in [3.05, 3.63) is 47.0 Å². The summed E-state index contributed by atoms with van der Waals surface area (Å²) in [6.07, 6.45) is 1.86. The Bertz CT molecular complexity index is 521. The van der Waals surface area contributed by atoms with Crippen LogP contribution >= 0.6 is 23.7 Å². The van der Waals surface area contributed by atoms with Crippen LogP contribution in [0.4, 0.5) is 5.13 Å². The number of ether oxygens (including phenoxy) is 1. The van der Waals surface area contributed by atoms with Crippen molar-refractivity contribution >= 4 is 28.9 Å². The molecule has 0 saturated carbocycles. The first-order valence-corrected chi connectivity index (χ1v) is 7.50. The maximum Gasteiger partial charge on any atom is 0.180 e. The Kier molecular flexibility index (Phi) is 7.67. The highest BCUT2D eigenvalue weighted by Crippen LogP contribution is 2.24. The van der Waals surface area contributed by atoms with Gasteiger partial charge in [0, 0.05) is 37.3 Å². The van der Waals surface area contributed by atoms with Gasteiger partial charge in [0.2, 0.25) is 0 Å². The lowest BCUT2D eigenvalue weighted by molar-refractivity contribution is 0.120. The number of nitrogens with two attached hydrogens (primary N) is 1. The molecule has 21 heavy (non-hydrogen) atoms. The van der Waals surface area contributed by atoms with E-state index in [2.05, 4.69) is 41.1 Å². The Morgan fingerprint density at radius 3 is 2.62 bits per heavy atom. The van der Waals surface area contributed by atoms with Crippen molar-refractivity contribution in [3.63, 3.8) is 0 Å². The minimum absolute atomic E-state index is 0. The van der Waals surface area contributed by atoms with Crippen molar-refractivity contribution < 1.29 is 4.74 Å². The van der Waals surface area contributed by atoms with Crippen molar-refractivity contribution in [3.8, 4) is 0 Å². The van der Waals surface area contributed by atoms with Gasteiger partial charge in [-0.2, -0.15) is 0 Å². The largest absolute Gasteiger partial charge is 0.383 e. The van der Waals surface area contributed by atoms with Crippen LogP contribution < -0.4 is 5.73 Å². The van der Waals surface area contributed by atoms with Gasteiger partial charge in [-0.05, 0) is 12.5 Å². The van der Waals surface area contributed by atoms with Crippen LogP contribution in [0.25, 0.3) is 0 Å². The van der Waals surface area contributed by atoms with Gasteiger partial charge in [0.05, 0.1) is 6.61 Å². The van der Waals surface area contributed by atoms with E-state index in [9.17, 15) is 0 Å². The fraction of sp³-hybridized carbons (Fsp3) is 0.400. The first kappa shape index (κ1) is 17.9. The third-order valence-electron chi connectivity index (χ3n) is 3.34. The van der Waals surface area contributed by atoms with Crippen LogP contribution in [0.5, 0.6) is 0 Å². The molecule has 1 unspecified atom stereocenters. The van der Waals surface area contributed by atoms with Crippen molar-refractivity contribution in [1.82, 2.24) is 9.88 Å². The van der Waals surface area contributed by atoms with E-state index in [4.69, 9.17) is 10.5 Å². The minimum Gasteiger partial charge on any atom is -0.383 e. The third-order valence-corrected chi connectivity index (χ3v) is 4.15. The van der Waals surface area contributed by atoms with Gasteiger partial charge in [0.25, 0.3) is 0 Å². The molecule has 0 radical (unpaired) electrons. The van der Waals surface area contributed by atoms with Crippen LogP contribution in [0, 0.1) is 0 Å². The first-order valence-electron chi connectivity index (χ1n) is 6.69. The van der Waals surface area contributed by atoms with Gasteiger partial charge in [-0.1, -0.05) is 30.3 Å². The lowest BCUT2D eigenvalue weighted by Gasteiger charge is -2.28. The molecule has 1 heterocycles. The van der Waals surface area contributed by atoms with Gasteiger partial charge in [0.1, 0.15) is 0 Å². The van der Waals surface area contributed by atoms with Gasteiger partial charge in [-0.15, -0.1) is 23.7 Å². The smallest absolute Gasteiger partial charge is 0.180 e. The van der Waals surface area contributed by atoms with Gasteiger partial charge >= 0.3 is 0 Å². The normalized spacial score (nSPS) is 12.1. The quantitative estimate of drug-likeness (QED) is 0.847. The molecule has 2 N–H and O–H groups in total. The zero-order chi connectivity index (χ0) is 14.4. The number of anilines is 1. The van der Waals surface area contributed by atoms with E-state index in [1.54, 1.807) is 18.4 Å². The molecular formula is C15H22ClN3OS. The number of hydrogen-bond acceptors (Lipinski definition) is 5. The Hall–Kier alpha value is -1.14. The van der Waals surface area contributed by atoms with E-state index >= 15 is 0 Å². The molecule has 1 aromatic heterocycles. The molecule has 1 aromatic carbocycles. The second-order valence-corrected chi connectivity index (χ2v) is 5.86. The molecule has 116 valence electrons. The predicted molar refractivity (Wildman–Crippen MR) is 90.9 cm³/mol. The van der Waals surface area contributed by atoms with Gasteiger partial charge in [-0.3, -0.25) is 4.90 Å². The SMILES string of the molecule is COCCN(Cc1cnc(N)s1)C(C)c1ccccc1.Cl.